The van der Waals surface area contributed by atoms with E-state index < -0.39 is 57.2 Å². The third-order valence-corrected chi connectivity index (χ3v) is 9.64. The second-order valence-corrected chi connectivity index (χ2v) is 14.5. The van der Waals surface area contributed by atoms with Crippen LogP contribution in [0.5, 0.6) is 5.75 Å². The molecule has 0 bridgehead atoms. The second-order valence-electron chi connectivity index (χ2n) is 12.6. The molecular weight excluding hydrogens is 699 g/mol. The van der Waals surface area contributed by atoms with E-state index in [9.17, 15) is 27.9 Å². The highest BCUT2D eigenvalue weighted by Gasteiger charge is 2.58. The molecule has 272 valence electrons. The Labute approximate surface area is 291 Å². The number of aryl methyl sites for hydroxylation is 1. The van der Waals surface area contributed by atoms with E-state index in [0.29, 0.717) is 36.9 Å². The number of hydrogen-bond donors (Lipinski definition) is 7. The highest BCUT2D eigenvalue weighted by Crippen LogP contribution is 2.36. The summed E-state index contributed by atoms with van der Waals surface area (Å²) in [6, 6.07) is 4.39. The molecule has 2 aromatic rings. The van der Waals surface area contributed by atoms with Crippen molar-refractivity contribution in [3.63, 3.8) is 0 Å². The van der Waals surface area contributed by atoms with E-state index in [1.807, 2.05) is 12.1 Å². The van der Waals surface area contributed by atoms with Gasteiger partial charge in [-0.2, -0.15) is 13.5 Å². The van der Waals surface area contributed by atoms with Crippen molar-refractivity contribution >= 4 is 56.3 Å². The predicted octanol–water partition coefficient (Wildman–Crippen LogP) is -0.496. The fourth-order valence-corrected chi connectivity index (χ4v) is 6.64. The number of β-lactam (4-membered cyclic amide) rings is 1. The fourth-order valence-electron chi connectivity index (χ4n) is 5.64. The van der Waals surface area contributed by atoms with Crippen LogP contribution in [0.4, 0.5) is 5.13 Å². The largest absolute Gasteiger partial charge is 0.485 e. The number of hydroxylamine groups is 2. The van der Waals surface area contributed by atoms with Crippen molar-refractivity contribution in [1.29, 1.82) is 0 Å². The zero-order chi connectivity index (χ0) is 36.4. The molecular formula is C29H39N9O10S2. The van der Waals surface area contributed by atoms with Gasteiger partial charge in [-0.1, -0.05) is 17.3 Å². The molecule has 2 amide bonds. The number of ether oxygens (including phenoxy) is 1. The van der Waals surface area contributed by atoms with Crippen LogP contribution in [0.3, 0.4) is 0 Å². The van der Waals surface area contributed by atoms with Gasteiger partial charge in [-0.25, -0.2) is 9.78 Å². The number of aliphatic imine (C=N–C) groups is 1. The van der Waals surface area contributed by atoms with Crippen LogP contribution in [0.1, 0.15) is 56.4 Å². The molecule has 21 heteroatoms. The third-order valence-electron chi connectivity index (χ3n) is 8.63. The van der Waals surface area contributed by atoms with Crippen molar-refractivity contribution in [2.75, 3.05) is 31.9 Å². The minimum Gasteiger partial charge on any atom is -0.485 e. The van der Waals surface area contributed by atoms with Crippen molar-refractivity contribution in [2.45, 2.75) is 69.2 Å². The van der Waals surface area contributed by atoms with Crippen molar-refractivity contribution in [3.05, 3.63) is 40.4 Å². The highest BCUT2D eigenvalue weighted by molar-refractivity contribution is 7.80. The average molecular weight is 738 g/mol. The van der Waals surface area contributed by atoms with Gasteiger partial charge in [0.1, 0.15) is 17.5 Å². The Hall–Kier alpha value is -4.57. The SMILES string of the molecule is CC(O/N=C(\C(=O)N[C@@H]1C(=O)N(OS(=O)(=O)O)C1(C)C)c1csc(N)n1)(C(=O)O)[C@H]1CCc2cc(C3CN=C(NCCCN)NC3)ccc2O1. The van der Waals surface area contributed by atoms with Gasteiger partial charge in [0.15, 0.2) is 22.9 Å². The molecule has 0 aliphatic carbocycles. The van der Waals surface area contributed by atoms with Gasteiger partial charge in [-0.15, -0.1) is 15.6 Å². The van der Waals surface area contributed by atoms with E-state index in [1.165, 1.54) is 26.2 Å². The minimum atomic E-state index is -5.03. The molecule has 50 heavy (non-hydrogen) atoms. The first kappa shape index (κ1) is 36.7. The number of nitrogens with zero attached hydrogens (tertiary/aromatic N) is 4. The number of aliphatic carboxylic acids is 1. The summed E-state index contributed by atoms with van der Waals surface area (Å²) in [4.78, 5) is 53.0. The molecule has 0 saturated carbocycles. The van der Waals surface area contributed by atoms with Crippen LogP contribution in [0.2, 0.25) is 0 Å². The number of fused-ring (bicyclic) bond motifs is 1. The molecule has 2 unspecified atom stereocenters. The number of thiazole rings is 1. The fraction of sp³-hybridized carbons (Fsp3) is 0.517. The Balaban J connectivity index is 1.31. The van der Waals surface area contributed by atoms with Crippen LogP contribution in [-0.2, 0) is 40.3 Å². The highest BCUT2D eigenvalue weighted by atomic mass is 32.3. The number of amides is 2. The van der Waals surface area contributed by atoms with Gasteiger partial charge >= 0.3 is 16.4 Å². The standard InChI is InChI=1S/C29H39N9O10S2/c1-28(2)22(24(40)38(28)48-50(43,44)45)36-23(39)21(18-14-49-26(31)35-18)37-47-29(3,25(41)42)20-8-6-16-11-15(5-7-19(16)46-20)17-12-33-27(34-13-17)32-10-4-9-30/h5,7,11,14,17,20,22H,4,6,8-10,12-13,30H2,1-3H3,(H2,31,35)(H,36,39)(H,41,42)(H2,32,33,34)(H,43,44,45)/b37-21-/t20-,22-,29?/m1/s1. The molecule has 1 saturated heterocycles. The van der Waals surface area contributed by atoms with Crippen molar-refractivity contribution < 1.29 is 46.3 Å². The monoisotopic (exact) mass is 737 g/mol. The number of nitrogen functional groups attached to an aromatic ring is 1. The predicted molar refractivity (Wildman–Crippen MR) is 180 cm³/mol. The van der Waals surface area contributed by atoms with Crippen LogP contribution in [0, 0.1) is 0 Å². The lowest BCUT2D eigenvalue weighted by atomic mass is 9.84. The Kier molecular flexibility index (Phi) is 10.5. The molecule has 19 nitrogen and oxygen atoms in total. The molecule has 4 atom stereocenters. The third kappa shape index (κ3) is 7.75. The number of carbonyl (C=O) groups excluding carboxylic acids is 2. The number of anilines is 1. The number of nitrogens with one attached hydrogen (secondary N) is 3. The molecule has 0 spiro atoms. The van der Waals surface area contributed by atoms with E-state index >= 15 is 0 Å². The number of benzene rings is 1. The van der Waals surface area contributed by atoms with Crippen LogP contribution in [-0.4, -0.2) is 107 Å². The minimum absolute atomic E-state index is 0.0660. The van der Waals surface area contributed by atoms with E-state index in [-0.39, 0.29) is 23.2 Å². The quantitative estimate of drug-likeness (QED) is 0.0449. The Morgan fingerprint density at radius 2 is 2.10 bits per heavy atom. The van der Waals surface area contributed by atoms with Gasteiger partial charge < -0.3 is 42.1 Å². The molecule has 5 rings (SSSR count). The van der Waals surface area contributed by atoms with Crippen molar-refractivity contribution in [2.24, 2.45) is 15.9 Å². The number of carboxylic acid groups (broad SMARTS) is 1. The lowest BCUT2D eigenvalue weighted by molar-refractivity contribution is -0.218. The number of carbonyl (C=O) groups is 3. The van der Waals surface area contributed by atoms with E-state index in [4.69, 9.17) is 25.6 Å². The normalized spacial score (nSPS) is 22.9. The zero-order valence-electron chi connectivity index (χ0n) is 27.4. The maximum atomic E-state index is 13.5. The second kappa shape index (κ2) is 14.3. The number of nitrogens with two attached hydrogens (primary N) is 2. The number of carboxylic acids is 1. The van der Waals surface area contributed by atoms with Crippen LogP contribution >= 0.6 is 11.3 Å². The maximum Gasteiger partial charge on any atom is 0.418 e. The first-order chi connectivity index (χ1) is 23.5. The number of guanidine groups is 1. The van der Waals surface area contributed by atoms with Gasteiger partial charge in [0, 0.05) is 24.4 Å². The summed E-state index contributed by atoms with van der Waals surface area (Å²) < 4.78 is 41.8. The number of oxime groups is 1. The maximum absolute atomic E-state index is 13.5. The van der Waals surface area contributed by atoms with E-state index in [1.54, 1.807) is 6.07 Å². The van der Waals surface area contributed by atoms with Gasteiger partial charge in [-0.3, -0.25) is 19.1 Å². The molecule has 1 aromatic carbocycles. The molecule has 9 N–H and O–H groups in total. The topological polar surface area (TPSA) is 282 Å². The zero-order valence-corrected chi connectivity index (χ0v) is 29.0. The van der Waals surface area contributed by atoms with Gasteiger partial charge in [0.05, 0.1) is 12.1 Å². The van der Waals surface area contributed by atoms with Crippen LogP contribution < -0.4 is 32.2 Å². The summed E-state index contributed by atoms with van der Waals surface area (Å²) in [7, 11) is -5.03. The van der Waals surface area contributed by atoms with E-state index in [0.717, 1.165) is 41.4 Å². The molecule has 3 aliphatic heterocycles. The van der Waals surface area contributed by atoms with Gasteiger partial charge in [0.2, 0.25) is 0 Å². The molecule has 4 heterocycles. The van der Waals surface area contributed by atoms with Crippen molar-refractivity contribution in [3.8, 4) is 5.75 Å². The summed E-state index contributed by atoms with van der Waals surface area (Å²) in [5.41, 5.74) is 9.16. The van der Waals surface area contributed by atoms with Crippen LogP contribution in [0.25, 0.3) is 0 Å². The molecule has 1 aromatic heterocycles. The summed E-state index contributed by atoms with van der Waals surface area (Å²) >= 11 is 0.972. The molecule has 0 radical (unpaired) electrons. The first-order valence-electron chi connectivity index (χ1n) is 15.6. The van der Waals surface area contributed by atoms with Gasteiger partial charge in [-0.05, 0) is 63.8 Å². The summed E-state index contributed by atoms with van der Waals surface area (Å²) in [6.45, 7) is 6.62. The smallest absolute Gasteiger partial charge is 0.418 e. The number of aromatic nitrogens is 1. The number of hydrogen-bond acceptors (Lipinski definition) is 16. The summed E-state index contributed by atoms with van der Waals surface area (Å²) in [6.07, 6.45) is 0.514. The Morgan fingerprint density at radius 3 is 2.70 bits per heavy atom. The Morgan fingerprint density at radius 1 is 1.34 bits per heavy atom. The van der Waals surface area contributed by atoms with E-state index in [2.05, 4.69) is 35.4 Å². The molecule has 3 aliphatic rings. The molecule has 1 fully saturated rings. The number of rotatable bonds is 13. The summed E-state index contributed by atoms with van der Waals surface area (Å²) in [5, 5.41) is 25.0. The van der Waals surface area contributed by atoms with Crippen LogP contribution in [0.15, 0.2) is 33.7 Å². The van der Waals surface area contributed by atoms with Crippen molar-refractivity contribution in [1.82, 2.24) is 26.0 Å². The Bertz CT molecular complexity index is 1820. The first-order valence-corrected chi connectivity index (χ1v) is 17.8. The average Bonchev–Trinajstić information content (AvgIpc) is 3.50. The lowest BCUT2D eigenvalue weighted by Crippen LogP contribution is -2.76. The van der Waals surface area contributed by atoms with Gasteiger partial charge in [0.25, 0.3) is 17.4 Å². The lowest BCUT2D eigenvalue weighted by Gasteiger charge is -2.50. The summed E-state index contributed by atoms with van der Waals surface area (Å²) in [5.74, 6) is -2.06.